The highest BCUT2D eigenvalue weighted by Gasteiger charge is 2.45. The van der Waals surface area contributed by atoms with E-state index in [1.165, 1.54) is 19.6 Å². The van der Waals surface area contributed by atoms with Gasteiger partial charge in [0.2, 0.25) is 41.4 Å². The summed E-state index contributed by atoms with van der Waals surface area (Å²) in [5.74, 6) is -4.73. The summed E-state index contributed by atoms with van der Waals surface area (Å²) in [5.41, 5.74) is 13.1. The minimum Gasteiger partial charge on any atom is -0.480 e. The number of carboxylic acid groups (broad SMARTS) is 1. The Morgan fingerprint density at radius 1 is 0.412 bits per heavy atom. The monoisotopic (exact) mass is 1150 g/mol. The van der Waals surface area contributed by atoms with Gasteiger partial charge in [0.25, 0.3) is 0 Å². The molecule has 7 amide bonds. The molecule has 0 unspecified atom stereocenters. The number of aromatic amines is 4. The Morgan fingerprint density at radius 2 is 0.682 bits per heavy atom. The van der Waals surface area contributed by atoms with Crippen LogP contribution in [0.3, 0.4) is 0 Å². The normalized spacial score (nSPS) is 20.3. The Morgan fingerprint density at radius 3 is 1.00 bits per heavy atom. The zero-order valence-corrected chi connectivity index (χ0v) is 47.1. The highest BCUT2D eigenvalue weighted by Crippen LogP contribution is 2.30. The number of rotatable bonds is 19. The summed E-state index contributed by atoms with van der Waals surface area (Å²) in [6.07, 6.45) is 10.7. The molecule has 4 saturated heterocycles. The molecule has 4 aromatic heterocycles. The zero-order chi connectivity index (χ0) is 58.9. The first-order valence-electron chi connectivity index (χ1n) is 29.6. The van der Waals surface area contributed by atoms with Gasteiger partial charge in [0.05, 0.1) is 6.04 Å². The summed E-state index contributed by atoms with van der Waals surface area (Å²) >= 11 is 0. The van der Waals surface area contributed by atoms with Crippen molar-refractivity contribution in [1.82, 2.24) is 55.5 Å². The van der Waals surface area contributed by atoms with E-state index in [9.17, 15) is 29.1 Å². The Hall–Kier alpha value is -9.24. The highest BCUT2D eigenvalue weighted by molar-refractivity contribution is 6.00. The number of nitrogens with one attached hydrogen (secondary N) is 7. The number of likely N-dealkylation sites (tertiary alicyclic amines) is 4. The molecule has 8 aromatic rings. The first kappa shape index (κ1) is 56.3. The molecule has 4 aliphatic heterocycles. The van der Waals surface area contributed by atoms with Crippen LogP contribution in [0.1, 0.15) is 73.6 Å². The van der Waals surface area contributed by atoms with Crippen molar-refractivity contribution in [1.29, 1.82) is 0 Å². The second kappa shape index (κ2) is 24.2. The second-order valence-corrected chi connectivity index (χ2v) is 23.1. The molecule has 440 valence electrons. The van der Waals surface area contributed by atoms with Crippen molar-refractivity contribution >= 4 is 90.9 Å². The Bertz CT molecular complexity index is 3860. The van der Waals surface area contributed by atoms with Gasteiger partial charge in [0, 0.05) is 114 Å². The number of hydrogen-bond acceptors (Lipinski definition) is 9. The Labute approximate surface area is 489 Å². The van der Waals surface area contributed by atoms with Crippen LogP contribution in [0.25, 0.3) is 43.6 Å². The van der Waals surface area contributed by atoms with Gasteiger partial charge in [-0.05, 0) is 104 Å². The number of para-hydroxylation sites is 4. The van der Waals surface area contributed by atoms with Gasteiger partial charge in [-0.1, -0.05) is 72.8 Å². The number of carbonyl (C=O) groups excluding carboxylic acids is 7. The molecule has 4 aromatic carbocycles. The van der Waals surface area contributed by atoms with Gasteiger partial charge in [-0.3, -0.25) is 33.6 Å². The smallest absolute Gasteiger partial charge is 0.326 e. The van der Waals surface area contributed by atoms with Crippen molar-refractivity contribution in [2.45, 2.75) is 125 Å². The number of fused-ring (bicyclic) bond motifs is 4. The van der Waals surface area contributed by atoms with Gasteiger partial charge in [-0.15, -0.1) is 0 Å². The fraction of sp³-hybridized carbons (Fsp3) is 0.375. The minimum atomic E-state index is -1.22. The third-order valence-electron chi connectivity index (χ3n) is 17.9. The number of nitrogens with two attached hydrogens (primary N) is 1. The third-order valence-corrected chi connectivity index (χ3v) is 17.9. The van der Waals surface area contributed by atoms with Crippen LogP contribution in [0.2, 0.25) is 0 Å². The first-order valence-corrected chi connectivity index (χ1v) is 29.6. The van der Waals surface area contributed by atoms with Crippen molar-refractivity contribution in [3.05, 3.63) is 144 Å². The van der Waals surface area contributed by atoms with E-state index in [1.54, 1.807) is 18.6 Å². The van der Waals surface area contributed by atoms with Crippen molar-refractivity contribution in [2.24, 2.45) is 5.73 Å². The highest BCUT2D eigenvalue weighted by atomic mass is 16.4. The molecular formula is C64H70N12O9. The molecule has 0 aliphatic carbocycles. The average molecular weight is 1150 g/mol. The molecule has 4 aliphatic rings. The molecule has 0 saturated carbocycles. The number of amides is 7. The molecule has 12 rings (SSSR count). The molecule has 4 fully saturated rings. The summed E-state index contributed by atoms with van der Waals surface area (Å²) < 4.78 is 0. The number of carboxylic acids is 1. The molecular weight excluding hydrogens is 1080 g/mol. The number of benzene rings is 4. The molecule has 85 heavy (non-hydrogen) atoms. The number of nitrogens with zero attached hydrogens (tertiary/aromatic N) is 4. The standard InChI is InChI=1S/C64H70N12O9/c65-45(29-37-33-66-46-17-5-1-13-41(37)46)60(80)73-25-9-21-53(73)57(77)70-50(30-38-34-67-47-18-6-2-14-42(38)47)61(81)74-26-10-22-54(74)58(78)71-51(31-39-35-68-48-19-7-3-15-43(39)48)62(82)75-27-11-23-55(75)59(79)72-52(63(83)76-28-12-24-56(76)64(84)85)32-40-36-69-49-20-8-4-16-44(40)49/h1-8,13-20,33-36,45,50-56,66-69H,9-12,21-32,65H2,(H,70,77)(H,71,78)(H,72,79)(H,84,85)/t45-,50-,51-,52-,53-,54-,55-,56-/m0/s1. The van der Waals surface area contributed by atoms with Crippen LogP contribution in [0.15, 0.2) is 122 Å². The fourth-order valence-electron chi connectivity index (χ4n) is 13.6. The van der Waals surface area contributed by atoms with Crippen LogP contribution in [0.5, 0.6) is 0 Å². The van der Waals surface area contributed by atoms with E-state index in [0.717, 1.165) is 65.9 Å². The summed E-state index contributed by atoms with van der Waals surface area (Å²) in [6.45, 7) is 0.893. The van der Waals surface area contributed by atoms with Crippen LogP contribution >= 0.6 is 0 Å². The number of hydrogen-bond donors (Lipinski definition) is 9. The first-order chi connectivity index (χ1) is 41.3. The van der Waals surface area contributed by atoms with Gasteiger partial charge in [-0.25, -0.2) is 4.79 Å². The van der Waals surface area contributed by atoms with Crippen molar-refractivity contribution in [3.63, 3.8) is 0 Å². The number of H-pyrrole nitrogens is 4. The van der Waals surface area contributed by atoms with Crippen LogP contribution in [-0.4, -0.2) is 166 Å². The van der Waals surface area contributed by atoms with Gasteiger partial charge in [0.15, 0.2) is 0 Å². The SMILES string of the molecule is N[C@@H](Cc1c[nH]c2ccccc12)C(=O)N1CCC[C@H]1C(=O)N[C@@H](Cc1c[nH]c2ccccc12)C(=O)N1CCC[C@H]1C(=O)N[C@@H](Cc1c[nH]c2ccccc12)C(=O)N1CCC[C@H]1C(=O)N[C@@H](Cc1c[nH]c2ccccc12)C(=O)N1CCC[C@H]1C(=O)O. The summed E-state index contributed by atoms with van der Waals surface area (Å²) in [6, 6.07) is 22.0. The summed E-state index contributed by atoms with van der Waals surface area (Å²) in [7, 11) is 0. The molecule has 10 N–H and O–H groups in total. The Balaban J connectivity index is 0.788. The predicted molar refractivity (Wildman–Crippen MR) is 318 cm³/mol. The van der Waals surface area contributed by atoms with Crippen molar-refractivity contribution in [2.75, 3.05) is 26.2 Å². The lowest BCUT2D eigenvalue weighted by molar-refractivity contribution is -0.149. The maximum absolute atomic E-state index is 15.3. The molecule has 8 atom stereocenters. The van der Waals surface area contributed by atoms with E-state index in [-0.39, 0.29) is 70.5 Å². The van der Waals surface area contributed by atoms with Crippen LogP contribution in [0.4, 0.5) is 0 Å². The molecule has 0 bridgehead atoms. The van der Waals surface area contributed by atoms with E-state index >= 15 is 14.4 Å². The third kappa shape index (κ3) is 11.3. The number of aliphatic carboxylic acids is 1. The fourth-order valence-corrected chi connectivity index (χ4v) is 13.6. The van der Waals surface area contributed by atoms with E-state index in [0.29, 0.717) is 38.6 Å². The largest absolute Gasteiger partial charge is 0.480 e. The lowest BCUT2D eigenvalue weighted by Gasteiger charge is -2.33. The zero-order valence-electron chi connectivity index (χ0n) is 47.1. The summed E-state index contributed by atoms with van der Waals surface area (Å²) in [5, 5.41) is 22.6. The minimum absolute atomic E-state index is 0.0224. The average Bonchev–Trinajstić information content (AvgIpc) is 4.57. The molecule has 21 nitrogen and oxygen atoms in total. The van der Waals surface area contributed by atoms with E-state index in [2.05, 4.69) is 35.9 Å². The number of aromatic nitrogens is 4. The van der Waals surface area contributed by atoms with E-state index in [1.807, 2.05) is 103 Å². The maximum Gasteiger partial charge on any atom is 0.326 e. The molecule has 21 heteroatoms. The predicted octanol–water partition coefficient (Wildman–Crippen LogP) is 4.71. The topological polar surface area (TPSA) is 295 Å². The summed E-state index contributed by atoms with van der Waals surface area (Å²) in [4.78, 5) is 135. The molecule has 8 heterocycles. The Kier molecular flexibility index (Phi) is 16.0. The molecule has 0 radical (unpaired) electrons. The maximum atomic E-state index is 15.3. The molecule has 0 spiro atoms. The van der Waals surface area contributed by atoms with Gasteiger partial charge >= 0.3 is 5.97 Å². The van der Waals surface area contributed by atoms with E-state index in [4.69, 9.17) is 5.73 Å². The van der Waals surface area contributed by atoms with E-state index < -0.39 is 89.7 Å². The van der Waals surface area contributed by atoms with Gasteiger partial charge in [0.1, 0.15) is 42.3 Å². The van der Waals surface area contributed by atoms with Crippen LogP contribution in [-0.2, 0) is 64.0 Å². The van der Waals surface area contributed by atoms with Crippen molar-refractivity contribution < 1.29 is 43.5 Å². The van der Waals surface area contributed by atoms with Gasteiger partial charge in [-0.2, -0.15) is 0 Å². The second-order valence-electron chi connectivity index (χ2n) is 23.1. The lowest BCUT2D eigenvalue weighted by atomic mass is 10.0. The van der Waals surface area contributed by atoms with Crippen molar-refractivity contribution in [3.8, 4) is 0 Å². The quantitative estimate of drug-likeness (QED) is 0.0537. The van der Waals surface area contributed by atoms with Gasteiger partial charge < -0.3 is 66.3 Å². The number of carbonyl (C=O) groups is 8. The lowest BCUT2D eigenvalue weighted by Crippen LogP contribution is -2.60. The van der Waals surface area contributed by atoms with Crippen LogP contribution < -0.4 is 21.7 Å². The van der Waals surface area contributed by atoms with Crippen LogP contribution in [0, 0.1) is 0 Å².